The van der Waals surface area contributed by atoms with Crippen LogP contribution in [0.25, 0.3) is 0 Å². The van der Waals surface area contributed by atoms with Gasteiger partial charge in [-0.15, -0.1) is 13.2 Å². The maximum Gasteiger partial charge on any atom is 0.522 e. The topological polar surface area (TPSA) is 57.2 Å². The van der Waals surface area contributed by atoms with Crippen LogP contribution < -0.4 is 11.3 Å². The number of aromatic nitrogens is 1. The molecule has 16 heavy (non-hydrogen) atoms. The van der Waals surface area contributed by atoms with Crippen LogP contribution in [0.1, 0.15) is 0 Å². The number of hydrogen-bond acceptors (Lipinski definition) is 3. The molecular weight excluding hydrogens is 293 g/mol. The summed E-state index contributed by atoms with van der Waals surface area (Å²) in [5.41, 5.74) is 5.25. The van der Waals surface area contributed by atoms with Crippen LogP contribution in [0.15, 0.2) is 21.5 Å². The van der Waals surface area contributed by atoms with Gasteiger partial charge in [-0.05, 0) is 22.0 Å². The zero-order chi connectivity index (χ0) is 12.3. The summed E-state index contributed by atoms with van der Waals surface area (Å²) in [4.78, 5) is 11.4. The molecule has 0 saturated carbocycles. The number of nitrogens with two attached hydrogens (primary N) is 1. The van der Waals surface area contributed by atoms with Crippen LogP contribution in [0.3, 0.4) is 0 Å². The molecule has 0 fully saturated rings. The predicted molar refractivity (Wildman–Crippen MR) is 54.8 cm³/mol. The Kier molecular flexibility index (Phi) is 3.98. The third kappa shape index (κ3) is 3.86. The summed E-state index contributed by atoms with van der Waals surface area (Å²) in [6.45, 7) is -0.860. The molecule has 1 rings (SSSR count). The van der Waals surface area contributed by atoms with E-state index in [-0.39, 0.29) is 16.7 Å². The van der Waals surface area contributed by atoms with Crippen LogP contribution in [-0.2, 0) is 11.3 Å². The quantitative estimate of drug-likeness (QED) is 0.925. The van der Waals surface area contributed by atoms with Crippen LogP contribution in [0.5, 0.6) is 0 Å². The van der Waals surface area contributed by atoms with Crippen molar-refractivity contribution in [2.45, 2.75) is 12.9 Å². The van der Waals surface area contributed by atoms with E-state index in [0.717, 1.165) is 4.57 Å². The van der Waals surface area contributed by atoms with E-state index in [0.29, 0.717) is 0 Å². The smallest absolute Gasteiger partial charge is 0.398 e. The Morgan fingerprint density at radius 2 is 2.12 bits per heavy atom. The molecular formula is C8H8BrF3N2O2. The van der Waals surface area contributed by atoms with E-state index in [9.17, 15) is 18.0 Å². The summed E-state index contributed by atoms with van der Waals surface area (Å²) in [7, 11) is 0. The fourth-order valence-electron chi connectivity index (χ4n) is 1.05. The Morgan fingerprint density at radius 1 is 1.50 bits per heavy atom. The SMILES string of the molecule is Nc1cc(Br)c(=O)n(CCOC(F)(F)F)c1. The maximum atomic E-state index is 11.7. The molecule has 0 saturated heterocycles. The summed E-state index contributed by atoms with van der Waals surface area (Å²) in [5.74, 6) is 0. The van der Waals surface area contributed by atoms with Crippen LogP contribution >= 0.6 is 15.9 Å². The van der Waals surface area contributed by atoms with Crippen LogP contribution in [0, 0.1) is 0 Å². The van der Waals surface area contributed by atoms with Gasteiger partial charge < -0.3 is 10.3 Å². The van der Waals surface area contributed by atoms with Crippen molar-refractivity contribution in [2.75, 3.05) is 12.3 Å². The third-order valence-electron chi connectivity index (χ3n) is 1.66. The van der Waals surface area contributed by atoms with E-state index < -0.39 is 18.5 Å². The first kappa shape index (κ1) is 13.0. The molecule has 0 aromatic carbocycles. The number of halogens is 4. The summed E-state index contributed by atoms with van der Waals surface area (Å²) in [6.07, 6.45) is -3.44. The van der Waals surface area contributed by atoms with Crippen molar-refractivity contribution in [3.63, 3.8) is 0 Å². The number of rotatable bonds is 3. The van der Waals surface area contributed by atoms with Gasteiger partial charge >= 0.3 is 6.36 Å². The Balaban J connectivity index is 2.71. The standard InChI is InChI=1S/C8H8BrF3N2O2/c9-6-3-5(13)4-14(7(6)15)1-2-16-8(10,11)12/h3-4H,1-2,13H2. The minimum atomic E-state index is -4.69. The third-order valence-corrected chi connectivity index (χ3v) is 2.23. The van der Waals surface area contributed by atoms with Crippen molar-refractivity contribution < 1.29 is 17.9 Å². The zero-order valence-corrected chi connectivity index (χ0v) is 9.51. The highest BCUT2D eigenvalue weighted by Crippen LogP contribution is 2.16. The van der Waals surface area contributed by atoms with Crippen molar-refractivity contribution >= 4 is 21.6 Å². The molecule has 0 radical (unpaired) electrons. The van der Waals surface area contributed by atoms with Crippen molar-refractivity contribution in [3.05, 3.63) is 27.1 Å². The van der Waals surface area contributed by atoms with Crippen LogP contribution in [0.2, 0.25) is 0 Å². The molecule has 0 atom stereocenters. The summed E-state index contributed by atoms with van der Waals surface area (Å²) >= 11 is 2.95. The Labute approximate surface area is 96.9 Å². The molecule has 1 aromatic heterocycles. The first-order valence-corrected chi connectivity index (χ1v) is 4.95. The van der Waals surface area contributed by atoms with E-state index in [2.05, 4.69) is 20.7 Å². The average Bonchev–Trinajstić information content (AvgIpc) is 2.11. The van der Waals surface area contributed by atoms with E-state index in [1.165, 1.54) is 12.3 Å². The second kappa shape index (κ2) is 4.88. The van der Waals surface area contributed by atoms with Gasteiger partial charge in [-0.2, -0.15) is 0 Å². The first-order valence-electron chi connectivity index (χ1n) is 4.16. The van der Waals surface area contributed by atoms with E-state index in [1.807, 2.05) is 0 Å². The lowest BCUT2D eigenvalue weighted by Gasteiger charge is -2.09. The molecule has 90 valence electrons. The number of nitrogens with zero attached hydrogens (tertiary/aromatic N) is 1. The normalized spacial score (nSPS) is 11.8. The van der Waals surface area contributed by atoms with Gasteiger partial charge in [0.1, 0.15) is 0 Å². The predicted octanol–water partition coefficient (Wildman–Crippen LogP) is 1.73. The number of nitrogen functional groups attached to an aromatic ring is 1. The summed E-state index contributed by atoms with van der Waals surface area (Å²) in [6, 6.07) is 1.38. The van der Waals surface area contributed by atoms with E-state index in [1.54, 1.807) is 0 Å². The van der Waals surface area contributed by atoms with Gasteiger partial charge in [-0.25, -0.2) is 0 Å². The molecule has 1 aromatic rings. The molecule has 2 N–H and O–H groups in total. The van der Waals surface area contributed by atoms with Crippen molar-refractivity contribution in [2.24, 2.45) is 0 Å². The highest BCUT2D eigenvalue weighted by atomic mass is 79.9. The molecule has 0 amide bonds. The van der Waals surface area contributed by atoms with Gasteiger partial charge in [0.2, 0.25) is 0 Å². The molecule has 4 nitrogen and oxygen atoms in total. The van der Waals surface area contributed by atoms with Crippen molar-refractivity contribution in [1.29, 1.82) is 0 Å². The molecule has 0 aliphatic heterocycles. The monoisotopic (exact) mass is 300 g/mol. The molecule has 1 heterocycles. The molecule has 0 aliphatic rings. The molecule has 8 heteroatoms. The minimum absolute atomic E-state index is 0.194. The fourth-order valence-corrected chi connectivity index (χ4v) is 1.54. The Hall–Kier alpha value is -1.02. The lowest BCUT2D eigenvalue weighted by atomic mass is 10.4. The average molecular weight is 301 g/mol. The number of ether oxygens (including phenoxy) is 1. The lowest BCUT2D eigenvalue weighted by molar-refractivity contribution is -0.325. The Bertz CT molecular complexity index is 430. The van der Waals surface area contributed by atoms with E-state index >= 15 is 0 Å². The number of pyridine rings is 1. The molecule has 0 bridgehead atoms. The van der Waals surface area contributed by atoms with Gasteiger partial charge in [0, 0.05) is 18.4 Å². The highest BCUT2D eigenvalue weighted by Gasteiger charge is 2.28. The summed E-state index contributed by atoms with van der Waals surface area (Å²) in [5, 5.41) is 0. The number of anilines is 1. The largest absolute Gasteiger partial charge is 0.522 e. The lowest BCUT2D eigenvalue weighted by Crippen LogP contribution is -2.25. The Morgan fingerprint density at radius 3 is 2.69 bits per heavy atom. The van der Waals surface area contributed by atoms with Crippen molar-refractivity contribution in [3.8, 4) is 0 Å². The van der Waals surface area contributed by atoms with Crippen LogP contribution in [0.4, 0.5) is 18.9 Å². The molecule has 0 unspecified atom stereocenters. The fraction of sp³-hybridized carbons (Fsp3) is 0.375. The summed E-state index contributed by atoms with van der Waals surface area (Å²) < 4.78 is 39.8. The second-order valence-electron chi connectivity index (χ2n) is 2.91. The van der Waals surface area contributed by atoms with Gasteiger partial charge in [-0.3, -0.25) is 9.53 Å². The maximum absolute atomic E-state index is 11.7. The first-order chi connectivity index (χ1) is 7.29. The van der Waals surface area contributed by atoms with E-state index in [4.69, 9.17) is 5.73 Å². The second-order valence-corrected chi connectivity index (χ2v) is 3.77. The highest BCUT2D eigenvalue weighted by molar-refractivity contribution is 9.10. The zero-order valence-electron chi connectivity index (χ0n) is 7.92. The minimum Gasteiger partial charge on any atom is -0.398 e. The van der Waals surface area contributed by atoms with Gasteiger partial charge in [0.15, 0.2) is 0 Å². The molecule has 0 aliphatic carbocycles. The van der Waals surface area contributed by atoms with Gasteiger partial charge in [0.25, 0.3) is 5.56 Å². The van der Waals surface area contributed by atoms with Gasteiger partial charge in [0.05, 0.1) is 11.1 Å². The van der Waals surface area contributed by atoms with Crippen molar-refractivity contribution in [1.82, 2.24) is 4.57 Å². The van der Waals surface area contributed by atoms with Crippen LogP contribution in [-0.4, -0.2) is 17.5 Å². The number of alkyl halides is 3. The van der Waals surface area contributed by atoms with Gasteiger partial charge in [-0.1, -0.05) is 0 Å². The molecule has 0 spiro atoms. The number of hydrogen-bond donors (Lipinski definition) is 1.